The normalized spacial score (nSPS) is 14.8. The van der Waals surface area contributed by atoms with Gasteiger partial charge in [-0.05, 0) is 29.6 Å². The third kappa shape index (κ3) is 4.10. The molecular formula is C14H24OSi. The van der Waals surface area contributed by atoms with Crippen molar-refractivity contribution >= 4 is 9.04 Å². The monoisotopic (exact) mass is 236 g/mol. The Hall–Kier alpha value is -0.603. The Labute approximate surface area is 102 Å². The van der Waals surface area contributed by atoms with Crippen LogP contribution in [0.2, 0.25) is 12.1 Å². The van der Waals surface area contributed by atoms with Crippen LogP contribution in [0.1, 0.15) is 38.3 Å². The highest BCUT2D eigenvalue weighted by Crippen LogP contribution is 2.16. The van der Waals surface area contributed by atoms with Gasteiger partial charge in [0.15, 0.2) is 9.04 Å². The molecule has 2 heteroatoms. The molecule has 1 unspecified atom stereocenters. The Balaban J connectivity index is 2.42. The number of hydrogen-bond acceptors (Lipinski definition) is 1. The predicted octanol–water partition coefficient (Wildman–Crippen LogP) is 3.92. The summed E-state index contributed by atoms with van der Waals surface area (Å²) in [6, 6.07) is 8.79. The summed E-state index contributed by atoms with van der Waals surface area (Å²) in [6.45, 7) is 9.82. The first-order valence-electron chi connectivity index (χ1n) is 6.36. The second kappa shape index (κ2) is 6.87. The molecule has 0 saturated carbocycles. The predicted molar refractivity (Wildman–Crippen MR) is 73.3 cm³/mol. The van der Waals surface area contributed by atoms with Crippen molar-refractivity contribution < 1.29 is 4.43 Å². The Kier molecular flexibility index (Phi) is 5.78. The lowest BCUT2D eigenvalue weighted by atomic mass is 10.1. The summed E-state index contributed by atoms with van der Waals surface area (Å²) in [5, 5.41) is 0. The summed E-state index contributed by atoms with van der Waals surface area (Å²) in [6.07, 6.45) is 2.35. The van der Waals surface area contributed by atoms with E-state index in [9.17, 15) is 0 Å². The minimum absolute atomic E-state index is 0.773. The number of hydrogen-bond donors (Lipinski definition) is 0. The zero-order valence-electron chi connectivity index (χ0n) is 11.0. The zero-order chi connectivity index (χ0) is 12.0. The first-order chi connectivity index (χ1) is 7.67. The van der Waals surface area contributed by atoms with E-state index < -0.39 is 9.04 Å². The molecule has 1 aromatic carbocycles. The second-order valence-electron chi connectivity index (χ2n) is 4.57. The van der Waals surface area contributed by atoms with Crippen molar-refractivity contribution in [3.8, 4) is 0 Å². The first-order valence-corrected chi connectivity index (χ1v) is 8.66. The maximum Gasteiger partial charge on any atom is 0.177 e. The van der Waals surface area contributed by atoms with Gasteiger partial charge in [-0.3, -0.25) is 0 Å². The summed E-state index contributed by atoms with van der Waals surface area (Å²) in [4.78, 5) is 0. The number of benzene rings is 1. The van der Waals surface area contributed by atoms with E-state index in [1.807, 2.05) is 0 Å². The Bertz CT molecular complexity index is 294. The lowest BCUT2D eigenvalue weighted by Crippen LogP contribution is -2.18. The maximum atomic E-state index is 5.99. The number of rotatable bonds is 6. The SMILES string of the molecule is CCc1ccc(CO[SiH](C)[C@@H](C)CC)cc1. The molecule has 1 rings (SSSR count). The van der Waals surface area contributed by atoms with Gasteiger partial charge in [-0.25, -0.2) is 0 Å². The van der Waals surface area contributed by atoms with Crippen LogP contribution in [0.3, 0.4) is 0 Å². The highest BCUT2D eigenvalue weighted by atomic mass is 28.3. The third-order valence-electron chi connectivity index (χ3n) is 3.39. The molecule has 0 heterocycles. The summed E-state index contributed by atoms with van der Waals surface area (Å²) in [7, 11) is -0.986. The quantitative estimate of drug-likeness (QED) is 0.680. The fourth-order valence-electron chi connectivity index (χ4n) is 1.60. The summed E-state index contributed by atoms with van der Waals surface area (Å²) >= 11 is 0. The smallest absolute Gasteiger partial charge is 0.177 e. The highest BCUT2D eigenvalue weighted by molar-refractivity contribution is 6.51. The third-order valence-corrected chi connectivity index (χ3v) is 6.16. The van der Waals surface area contributed by atoms with Crippen LogP contribution < -0.4 is 0 Å². The summed E-state index contributed by atoms with van der Waals surface area (Å²) < 4.78 is 5.99. The molecule has 2 atom stereocenters. The molecule has 16 heavy (non-hydrogen) atoms. The van der Waals surface area contributed by atoms with Crippen LogP contribution in [0.5, 0.6) is 0 Å². The molecule has 0 radical (unpaired) electrons. The molecule has 0 aliphatic carbocycles. The van der Waals surface area contributed by atoms with E-state index >= 15 is 0 Å². The average Bonchev–Trinajstić information content (AvgIpc) is 2.35. The minimum atomic E-state index is -0.986. The van der Waals surface area contributed by atoms with Gasteiger partial charge in [0.05, 0.1) is 6.61 Å². The minimum Gasteiger partial charge on any atom is -0.416 e. The van der Waals surface area contributed by atoms with Crippen LogP contribution in [0.15, 0.2) is 24.3 Å². The number of aryl methyl sites for hydroxylation is 1. The standard InChI is InChI=1S/C14H24OSi/c1-5-12(3)16(4)15-11-14-9-7-13(6-2)8-10-14/h7-10,12,16H,5-6,11H2,1-4H3/t12-,16?/m0/s1. The lowest BCUT2D eigenvalue weighted by Gasteiger charge is -2.17. The van der Waals surface area contributed by atoms with Crippen molar-refractivity contribution in [1.29, 1.82) is 0 Å². The van der Waals surface area contributed by atoms with Gasteiger partial charge < -0.3 is 4.43 Å². The van der Waals surface area contributed by atoms with Crippen LogP contribution in [-0.4, -0.2) is 9.04 Å². The molecule has 1 nitrogen and oxygen atoms in total. The van der Waals surface area contributed by atoms with E-state index in [-0.39, 0.29) is 0 Å². The maximum absolute atomic E-state index is 5.99. The van der Waals surface area contributed by atoms with E-state index in [1.54, 1.807) is 0 Å². The first kappa shape index (κ1) is 13.5. The van der Waals surface area contributed by atoms with Crippen LogP contribution in [0.25, 0.3) is 0 Å². The molecule has 0 fully saturated rings. The molecule has 0 aliphatic rings. The molecule has 1 aromatic rings. The van der Waals surface area contributed by atoms with Crippen molar-refractivity contribution in [1.82, 2.24) is 0 Å². The van der Waals surface area contributed by atoms with Crippen LogP contribution in [-0.2, 0) is 17.5 Å². The Morgan fingerprint density at radius 1 is 1.12 bits per heavy atom. The van der Waals surface area contributed by atoms with Gasteiger partial charge in [-0.1, -0.05) is 51.5 Å². The summed E-state index contributed by atoms with van der Waals surface area (Å²) in [5.74, 6) is 0. The van der Waals surface area contributed by atoms with Gasteiger partial charge in [-0.2, -0.15) is 0 Å². The fourth-order valence-corrected chi connectivity index (χ4v) is 3.04. The van der Waals surface area contributed by atoms with Crippen molar-refractivity contribution in [2.45, 2.75) is 52.3 Å². The molecule has 0 amide bonds. The Morgan fingerprint density at radius 2 is 1.69 bits per heavy atom. The van der Waals surface area contributed by atoms with Gasteiger partial charge in [0, 0.05) is 0 Å². The molecule has 90 valence electrons. The molecular weight excluding hydrogens is 212 g/mol. The highest BCUT2D eigenvalue weighted by Gasteiger charge is 2.12. The van der Waals surface area contributed by atoms with Crippen molar-refractivity contribution in [3.05, 3.63) is 35.4 Å². The average molecular weight is 236 g/mol. The van der Waals surface area contributed by atoms with Crippen LogP contribution in [0, 0.1) is 0 Å². The van der Waals surface area contributed by atoms with E-state index in [0.717, 1.165) is 18.6 Å². The largest absolute Gasteiger partial charge is 0.416 e. The molecule has 0 spiro atoms. The zero-order valence-corrected chi connectivity index (χ0v) is 12.1. The van der Waals surface area contributed by atoms with E-state index in [1.165, 1.54) is 17.5 Å². The van der Waals surface area contributed by atoms with Crippen molar-refractivity contribution in [3.63, 3.8) is 0 Å². The Morgan fingerprint density at radius 3 is 2.19 bits per heavy atom. The van der Waals surface area contributed by atoms with Gasteiger partial charge in [0.25, 0.3) is 0 Å². The van der Waals surface area contributed by atoms with Gasteiger partial charge in [-0.15, -0.1) is 0 Å². The van der Waals surface area contributed by atoms with Gasteiger partial charge in [0.1, 0.15) is 0 Å². The van der Waals surface area contributed by atoms with Gasteiger partial charge in [0.2, 0.25) is 0 Å². The molecule has 0 aromatic heterocycles. The topological polar surface area (TPSA) is 9.23 Å². The fraction of sp³-hybridized carbons (Fsp3) is 0.571. The van der Waals surface area contributed by atoms with E-state index in [0.29, 0.717) is 0 Å². The van der Waals surface area contributed by atoms with E-state index in [2.05, 4.69) is 51.6 Å². The van der Waals surface area contributed by atoms with Crippen LogP contribution >= 0.6 is 0 Å². The second-order valence-corrected chi connectivity index (χ2v) is 7.45. The van der Waals surface area contributed by atoms with Crippen molar-refractivity contribution in [2.24, 2.45) is 0 Å². The lowest BCUT2D eigenvalue weighted by molar-refractivity contribution is 0.303. The molecule has 0 saturated heterocycles. The molecule has 0 bridgehead atoms. The van der Waals surface area contributed by atoms with Crippen LogP contribution in [0.4, 0.5) is 0 Å². The van der Waals surface area contributed by atoms with Gasteiger partial charge >= 0.3 is 0 Å². The molecule has 0 aliphatic heterocycles. The molecule has 0 N–H and O–H groups in total. The summed E-state index contributed by atoms with van der Waals surface area (Å²) in [5.41, 5.74) is 3.48. The van der Waals surface area contributed by atoms with E-state index in [4.69, 9.17) is 4.43 Å². The van der Waals surface area contributed by atoms with Crippen molar-refractivity contribution in [2.75, 3.05) is 0 Å².